The number of esters is 1. The summed E-state index contributed by atoms with van der Waals surface area (Å²) in [6.45, 7) is 3.80. The molecule has 2 aromatic carbocycles. The van der Waals surface area contributed by atoms with Crippen LogP contribution in [0.5, 0.6) is 11.5 Å². The first kappa shape index (κ1) is 20.2. The van der Waals surface area contributed by atoms with E-state index in [1.54, 1.807) is 13.0 Å². The van der Waals surface area contributed by atoms with Crippen LogP contribution in [0, 0.1) is 0 Å². The number of methoxy groups -OCH3 is 1. The molecule has 0 bridgehead atoms. The van der Waals surface area contributed by atoms with Crippen molar-refractivity contribution < 1.29 is 23.8 Å². The van der Waals surface area contributed by atoms with Crippen molar-refractivity contribution in [3.05, 3.63) is 57.6 Å². The predicted molar refractivity (Wildman–Crippen MR) is 107 cm³/mol. The molecular weight excluding hydrogens is 380 g/mol. The van der Waals surface area contributed by atoms with Gasteiger partial charge in [-0.2, -0.15) is 0 Å². The van der Waals surface area contributed by atoms with Gasteiger partial charge >= 0.3 is 5.97 Å². The molecule has 0 aliphatic heterocycles. The summed E-state index contributed by atoms with van der Waals surface area (Å²) >= 11 is 6.21. The summed E-state index contributed by atoms with van der Waals surface area (Å²) in [5.41, 5.74) is 3.24. The van der Waals surface area contributed by atoms with E-state index in [1.807, 2.05) is 19.1 Å². The van der Waals surface area contributed by atoms with Crippen molar-refractivity contribution in [3.8, 4) is 11.5 Å². The van der Waals surface area contributed by atoms with E-state index in [0.717, 1.165) is 19.3 Å². The number of ketones is 1. The summed E-state index contributed by atoms with van der Waals surface area (Å²) in [4.78, 5) is 25.2. The van der Waals surface area contributed by atoms with Crippen LogP contribution < -0.4 is 9.47 Å². The van der Waals surface area contributed by atoms with Crippen LogP contribution in [0.15, 0.2) is 30.3 Å². The maximum Gasteiger partial charge on any atom is 0.339 e. The fraction of sp³-hybridized carbons (Fsp3) is 0.364. The van der Waals surface area contributed by atoms with Crippen LogP contribution in [0.25, 0.3) is 0 Å². The van der Waals surface area contributed by atoms with Gasteiger partial charge in [0, 0.05) is 5.56 Å². The Morgan fingerprint density at radius 3 is 2.57 bits per heavy atom. The van der Waals surface area contributed by atoms with Crippen molar-refractivity contribution in [1.29, 1.82) is 0 Å². The zero-order valence-corrected chi connectivity index (χ0v) is 17.0. The molecule has 0 saturated heterocycles. The number of fused-ring (bicyclic) bond motifs is 1. The van der Waals surface area contributed by atoms with Gasteiger partial charge in [-0.05, 0) is 62.4 Å². The van der Waals surface area contributed by atoms with E-state index in [0.29, 0.717) is 23.7 Å². The molecule has 2 aromatic rings. The molecule has 6 heteroatoms. The minimum atomic E-state index is -0.914. The molecule has 1 atom stereocenters. The van der Waals surface area contributed by atoms with Crippen LogP contribution >= 0.6 is 11.6 Å². The molecule has 0 radical (unpaired) electrons. The molecule has 0 fully saturated rings. The van der Waals surface area contributed by atoms with Gasteiger partial charge in [-0.1, -0.05) is 23.7 Å². The first-order chi connectivity index (χ1) is 13.4. The lowest BCUT2D eigenvalue weighted by molar-refractivity contribution is 0.0318. The number of carbonyl (C=O) groups excluding carboxylic acids is 2. The number of rotatable bonds is 7. The lowest BCUT2D eigenvalue weighted by Gasteiger charge is -2.15. The molecule has 0 amide bonds. The van der Waals surface area contributed by atoms with Gasteiger partial charge in [0.25, 0.3) is 0 Å². The molecule has 0 saturated carbocycles. The Hall–Kier alpha value is -2.53. The number of halogens is 1. The molecule has 0 unspecified atom stereocenters. The normalized spacial score (nSPS) is 13.6. The van der Waals surface area contributed by atoms with Gasteiger partial charge in [0.1, 0.15) is 0 Å². The van der Waals surface area contributed by atoms with Crippen molar-refractivity contribution >= 4 is 23.4 Å². The monoisotopic (exact) mass is 402 g/mol. The minimum Gasteiger partial charge on any atom is -0.493 e. The van der Waals surface area contributed by atoms with Crippen LogP contribution in [0.1, 0.15) is 52.1 Å². The number of aryl methyl sites for hydroxylation is 2. The van der Waals surface area contributed by atoms with E-state index in [2.05, 4.69) is 0 Å². The van der Waals surface area contributed by atoms with Crippen molar-refractivity contribution in [2.24, 2.45) is 0 Å². The fourth-order valence-electron chi connectivity index (χ4n) is 3.36. The smallest absolute Gasteiger partial charge is 0.339 e. The molecule has 5 nitrogen and oxygen atoms in total. The summed E-state index contributed by atoms with van der Waals surface area (Å²) in [6.07, 6.45) is 2.23. The number of Topliss-reactive ketones (excluding diaryl/α,β-unsaturated/α-hetero) is 1. The van der Waals surface area contributed by atoms with Crippen molar-refractivity contribution in [2.75, 3.05) is 13.7 Å². The van der Waals surface area contributed by atoms with Gasteiger partial charge in [-0.25, -0.2) is 4.79 Å². The van der Waals surface area contributed by atoms with E-state index in [4.69, 9.17) is 25.8 Å². The third-order valence-corrected chi connectivity index (χ3v) is 5.07. The molecule has 1 aliphatic carbocycles. The van der Waals surface area contributed by atoms with E-state index in [1.165, 1.54) is 30.4 Å². The second-order valence-corrected chi connectivity index (χ2v) is 7.08. The van der Waals surface area contributed by atoms with Crippen LogP contribution in [0.3, 0.4) is 0 Å². The standard InChI is InChI=1S/C22H23ClO5/c1-4-27-21-18(23)11-17(12-19(21)26-3)22(25)28-13(2)20(24)16-9-8-14-6-5-7-15(14)10-16/h8-13H,4-7H2,1-3H3/t13-/m1/s1. The van der Waals surface area contributed by atoms with Gasteiger partial charge < -0.3 is 14.2 Å². The Labute approximate surface area is 169 Å². The SMILES string of the molecule is CCOc1c(Cl)cc(C(=O)O[C@H](C)C(=O)c2ccc3c(c2)CCC3)cc1OC. The molecule has 0 spiro atoms. The third kappa shape index (κ3) is 4.14. The van der Waals surface area contributed by atoms with Crippen LogP contribution in [0.2, 0.25) is 5.02 Å². The number of hydrogen-bond acceptors (Lipinski definition) is 5. The van der Waals surface area contributed by atoms with E-state index >= 15 is 0 Å². The zero-order valence-electron chi connectivity index (χ0n) is 16.2. The Morgan fingerprint density at radius 2 is 1.86 bits per heavy atom. The summed E-state index contributed by atoms with van der Waals surface area (Å²) in [5, 5.41) is 0.241. The Kier molecular flexibility index (Phi) is 6.25. The second-order valence-electron chi connectivity index (χ2n) is 6.67. The van der Waals surface area contributed by atoms with Gasteiger partial charge in [0.05, 0.1) is 24.3 Å². The summed E-state index contributed by atoms with van der Waals surface area (Å²) < 4.78 is 16.1. The van der Waals surface area contributed by atoms with Crippen LogP contribution in [-0.2, 0) is 17.6 Å². The first-order valence-electron chi connectivity index (χ1n) is 9.32. The quantitative estimate of drug-likeness (QED) is 0.497. The first-order valence-corrected chi connectivity index (χ1v) is 9.69. The van der Waals surface area contributed by atoms with Gasteiger partial charge in [0.15, 0.2) is 17.6 Å². The fourth-order valence-corrected chi connectivity index (χ4v) is 3.63. The van der Waals surface area contributed by atoms with E-state index < -0.39 is 12.1 Å². The van der Waals surface area contributed by atoms with Crippen LogP contribution in [-0.4, -0.2) is 31.6 Å². The summed E-state index contributed by atoms with van der Waals surface area (Å²) in [6, 6.07) is 8.64. The maximum atomic E-state index is 12.7. The summed E-state index contributed by atoms with van der Waals surface area (Å²) in [5.74, 6) is -0.179. The number of benzene rings is 2. The highest BCUT2D eigenvalue weighted by Crippen LogP contribution is 2.36. The average Bonchev–Trinajstić information content (AvgIpc) is 3.16. The molecule has 28 heavy (non-hydrogen) atoms. The number of ether oxygens (including phenoxy) is 3. The lowest BCUT2D eigenvalue weighted by Crippen LogP contribution is -2.24. The van der Waals surface area contributed by atoms with Crippen molar-refractivity contribution in [1.82, 2.24) is 0 Å². The third-order valence-electron chi connectivity index (χ3n) is 4.79. The molecular formula is C22H23ClO5. The number of carbonyl (C=O) groups is 2. The highest BCUT2D eigenvalue weighted by molar-refractivity contribution is 6.32. The molecule has 0 heterocycles. The van der Waals surface area contributed by atoms with E-state index in [-0.39, 0.29) is 16.4 Å². The van der Waals surface area contributed by atoms with Gasteiger partial charge in [-0.15, -0.1) is 0 Å². The largest absolute Gasteiger partial charge is 0.493 e. The molecule has 0 N–H and O–H groups in total. The Bertz CT molecular complexity index is 906. The zero-order chi connectivity index (χ0) is 20.3. The highest BCUT2D eigenvalue weighted by atomic mass is 35.5. The molecule has 3 rings (SSSR count). The Balaban J connectivity index is 1.75. The van der Waals surface area contributed by atoms with Crippen molar-refractivity contribution in [3.63, 3.8) is 0 Å². The second kappa shape index (κ2) is 8.65. The minimum absolute atomic E-state index is 0.193. The predicted octanol–water partition coefficient (Wildman–Crippen LogP) is 4.66. The molecule has 1 aliphatic rings. The van der Waals surface area contributed by atoms with Crippen LogP contribution in [0.4, 0.5) is 0 Å². The Morgan fingerprint density at radius 1 is 1.11 bits per heavy atom. The average molecular weight is 403 g/mol. The molecule has 148 valence electrons. The van der Waals surface area contributed by atoms with Crippen molar-refractivity contribution in [2.45, 2.75) is 39.2 Å². The molecule has 0 aromatic heterocycles. The number of hydrogen-bond donors (Lipinski definition) is 0. The van der Waals surface area contributed by atoms with Gasteiger partial charge in [-0.3, -0.25) is 4.79 Å². The summed E-state index contributed by atoms with van der Waals surface area (Å²) in [7, 11) is 1.46. The van der Waals surface area contributed by atoms with E-state index in [9.17, 15) is 9.59 Å². The highest BCUT2D eigenvalue weighted by Gasteiger charge is 2.24. The van der Waals surface area contributed by atoms with Gasteiger partial charge in [0.2, 0.25) is 5.78 Å². The topological polar surface area (TPSA) is 61.8 Å². The lowest BCUT2D eigenvalue weighted by atomic mass is 10.0. The maximum absolute atomic E-state index is 12.7.